The van der Waals surface area contributed by atoms with Crippen LogP contribution >= 0.6 is 0 Å². The SMILES string of the molecule is CCOC(=O)Oc1ccc2nc(-c3cc(-c4cnn(C)c4)cnc3N)[nH]c2c1. The van der Waals surface area contributed by atoms with E-state index in [4.69, 9.17) is 15.2 Å². The molecule has 9 heteroatoms. The number of aryl methyl sites for hydroxylation is 1. The van der Waals surface area contributed by atoms with Crippen LogP contribution < -0.4 is 10.5 Å². The third-order valence-electron chi connectivity index (χ3n) is 4.13. The van der Waals surface area contributed by atoms with Gasteiger partial charge in [0, 0.05) is 36.6 Å². The Morgan fingerprint density at radius 1 is 1.25 bits per heavy atom. The van der Waals surface area contributed by atoms with Crippen LogP contribution in [0.4, 0.5) is 10.6 Å². The summed E-state index contributed by atoms with van der Waals surface area (Å²) in [6.07, 6.45) is 4.60. The second-order valence-electron chi connectivity index (χ2n) is 6.11. The van der Waals surface area contributed by atoms with E-state index in [9.17, 15) is 4.79 Å². The molecule has 0 amide bonds. The molecular weight excluding hydrogens is 360 g/mol. The molecule has 142 valence electrons. The Labute approximate surface area is 160 Å². The maximum absolute atomic E-state index is 11.5. The van der Waals surface area contributed by atoms with Crippen LogP contribution in [0.1, 0.15) is 6.92 Å². The van der Waals surface area contributed by atoms with Crippen molar-refractivity contribution in [3.8, 4) is 28.3 Å². The molecule has 0 unspecified atom stereocenters. The molecular formula is C19H18N6O3. The fraction of sp³-hybridized carbons (Fsp3) is 0.158. The van der Waals surface area contributed by atoms with Crippen molar-refractivity contribution >= 4 is 23.0 Å². The number of carbonyl (C=O) groups excluding carboxylic acids is 1. The third kappa shape index (κ3) is 3.37. The summed E-state index contributed by atoms with van der Waals surface area (Å²) in [5.41, 5.74) is 9.96. The molecule has 0 bridgehead atoms. The van der Waals surface area contributed by atoms with Crippen LogP contribution in [0.2, 0.25) is 0 Å². The minimum Gasteiger partial charge on any atom is -0.434 e. The Kier molecular flexibility index (Phi) is 4.40. The van der Waals surface area contributed by atoms with E-state index < -0.39 is 6.16 Å². The van der Waals surface area contributed by atoms with E-state index in [0.717, 1.165) is 11.1 Å². The van der Waals surface area contributed by atoms with Gasteiger partial charge in [0.2, 0.25) is 0 Å². The van der Waals surface area contributed by atoms with Crippen LogP contribution in [-0.4, -0.2) is 37.5 Å². The van der Waals surface area contributed by atoms with Gasteiger partial charge in [-0.1, -0.05) is 0 Å². The summed E-state index contributed by atoms with van der Waals surface area (Å²) in [5, 5.41) is 4.18. The van der Waals surface area contributed by atoms with E-state index in [1.807, 2.05) is 19.3 Å². The lowest BCUT2D eigenvalue weighted by atomic mass is 10.1. The topological polar surface area (TPSA) is 121 Å². The smallest absolute Gasteiger partial charge is 0.434 e. The van der Waals surface area contributed by atoms with Crippen molar-refractivity contribution in [1.29, 1.82) is 0 Å². The highest BCUT2D eigenvalue weighted by Crippen LogP contribution is 2.30. The molecule has 0 radical (unpaired) electrons. The largest absolute Gasteiger partial charge is 0.513 e. The zero-order valence-electron chi connectivity index (χ0n) is 15.3. The van der Waals surface area contributed by atoms with Crippen molar-refractivity contribution in [3.63, 3.8) is 0 Å². The van der Waals surface area contributed by atoms with Gasteiger partial charge in [0.05, 0.1) is 29.4 Å². The molecule has 3 heterocycles. The van der Waals surface area contributed by atoms with Gasteiger partial charge in [0.25, 0.3) is 0 Å². The van der Waals surface area contributed by atoms with E-state index in [1.54, 1.807) is 42.2 Å². The molecule has 0 fully saturated rings. The number of hydrogen-bond donors (Lipinski definition) is 2. The Morgan fingerprint density at radius 2 is 2.11 bits per heavy atom. The average molecular weight is 378 g/mol. The first-order chi connectivity index (χ1) is 13.5. The lowest BCUT2D eigenvalue weighted by molar-refractivity contribution is 0.104. The van der Waals surface area contributed by atoms with Gasteiger partial charge in [-0.05, 0) is 25.1 Å². The van der Waals surface area contributed by atoms with Crippen LogP contribution in [0.3, 0.4) is 0 Å². The molecule has 1 aromatic carbocycles. The number of carbonyl (C=O) groups is 1. The minimum absolute atomic E-state index is 0.245. The predicted molar refractivity (Wildman–Crippen MR) is 104 cm³/mol. The minimum atomic E-state index is -0.751. The molecule has 28 heavy (non-hydrogen) atoms. The van der Waals surface area contributed by atoms with Crippen LogP contribution in [0.5, 0.6) is 5.75 Å². The fourth-order valence-corrected chi connectivity index (χ4v) is 2.82. The second-order valence-corrected chi connectivity index (χ2v) is 6.11. The average Bonchev–Trinajstić information content (AvgIpc) is 3.28. The zero-order chi connectivity index (χ0) is 19.7. The van der Waals surface area contributed by atoms with Crippen LogP contribution in [0.15, 0.2) is 42.9 Å². The molecule has 3 N–H and O–H groups in total. The fourth-order valence-electron chi connectivity index (χ4n) is 2.82. The Morgan fingerprint density at radius 3 is 2.86 bits per heavy atom. The maximum Gasteiger partial charge on any atom is 0.513 e. The highest BCUT2D eigenvalue weighted by molar-refractivity contribution is 5.84. The van der Waals surface area contributed by atoms with Gasteiger partial charge in [0.1, 0.15) is 17.4 Å². The van der Waals surface area contributed by atoms with Crippen molar-refractivity contribution in [2.45, 2.75) is 6.92 Å². The van der Waals surface area contributed by atoms with Gasteiger partial charge >= 0.3 is 6.16 Å². The number of ether oxygens (including phenoxy) is 2. The van der Waals surface area contributed by atoms with Gasteiger partial charge < -0.3 is 20.2 Å². The number of nitrogens with one attached hydrogen (secondary N) is 1. The molecule has 4 rings (SSSR count). The Bertz CT molecular complexity index is 1160. The van der Waals surface area contributed by atoms with E-state index >= 15 is 0 Å². The number of benzene rings is 1. The molecule has 3 aromatic heterocycles. The van der Waals surface area contributed by atoms with E-state index in [0.29, 0.717) is 34.0 Å². The van der Waals surface area contributed by atoms with Crippen molar-refractivity contribution in [2.24, 2.45) is 7.05 Å². The lowest BCUT2D eigenvalue weighted by Gasteiger charge is -2.04. The standard InChI is InChI=1S/C19H18N6O3/c1-3-27-19(26)28-13-4-5-15-16(7-13)24-18(23-15)14-6-11(8-21-17(14)20)12-9-22-25(2)10-12/h4-10H,3H2,1-2H3,(H2,20,21)(H,23,24). The number of imidazole rings is 1. The molecule has 0 spiro atoms. The normalized spacial score (nSPS) is 10.9. The zero-order valence-corrected chi connectivity index (χ0v) is 15.3. The number of pyridine rings is 1. The molecule has 4 aromatic rings. The highest BCUT2D eigenvalue weighted by Gasteiger charge is 2.13. The summed E-state index contributed by atoms with van der Waals surface area (Å²) in [5.74, 6) is 1.28. The molecule has 0 aliphatic rings. The van der Waals surface area contributed by atoms with Crippen molar-refractivity contribution in [1.82, 2.24) is 24.7 Å². The summed E-state index contributed by atoms with van der Waals surface area (Å²) in [7, 11) is 1.85. The summed E-state index contributed by atoms with van der Waals surface area (Å²) in [6, 6.07) is 6.99. The first-order valence-corrected chi connectivity index (χ1v) is 8.62. The van der Waals surface area contributed by atoms with E-state index in [-0.39, 0.29) is 6.61 Å². The van der Waals surface area contributed by atoms with Crippen LogP contribution in [0, 0.1) is 0 Å². The summed E-state index contributed by atoms with van der Waals surface area (Å²) in [4.78, 5) is 23.5. The number of H-pyrrole nitrogens is 1. The summed E-state index contributed by atoms with van der Waals surface area (Å²) >= 11 is 0. The summed E-state index contributed by atoms with van der Waals surface area (Å²) < 4.78 is 11.6. The number of nitrogens with two attached hydrogens (primary N) is 1. The van der Waals surface area contributed by atoms with Gasteiger partial charge in [-0.15, -0.1) is 0 Å². The number of rotatable bonds is 4. The summed E-state index contributed by atoms with van der Waals surface area (Å²) in [6.45, 7) is 1.96. The predicted octanol–water partition coefficient (Wildman–Crippen LogP) is 3.14. The first-order valence-electron chi connectivity index (χ1n) is 8.62. The third-order valence-corrected chi connectivity index (χ3v) is 4.13. The van der Waals surface area contributed by atoms with E-state index in [1.165, 1.54) is 0 Å². The lowest BCUT2D eigenvalue weighted by Crippen LogP contribution is -2.09. The van der Waals surface area contributed by atoms with Crippen molar-refractivity contribution in [3.05, 3.63) is 42.9 Å². The number of fused-ring (bicyclic) bond motifs is 1. The second kappa shape index (κ2) is 7.03. The van der Waals surface area contributed by atoms with Crippen LogP contribution in [-0.2, 0) is 11.8 Å². The van der Waals surface area contributed by atoms with Crippen molar-refractivity contribution in [2.75, 3.05) is 12.3 Å². The Balaban J connectivity index is 1.70. The van der Waals surface area contributed by atoms with Gasteiger partial charge in [-0.2, -0.15) is 5.10 Å². The highest BCUT2D eigenvalue weighted by atomic mass is 16.7. The van der Waals surface area contributed by atoms with Gasteiger partial charge in [0.15, 0.2) is 0 Å². The molecule has 0 saturated heterocycles. The molecule has 0 aliphatic heterocycles. The van der Waals surface area contributed by atoms with Crippen molar-refractivity contribution < 1.29 is 14.3 Å². The van der Waals surface area contributed by atoms with Gasteiger partial charge in [-0.25, -0.2) is 14.8 Å². The van der Waals surface area contributed by atoms with E-state index in [2.05, 4.69) is 20.1 Å². The number of nitrogens with zero attached hydrogens (tertiary/aromatic N) is 4. The van der Waals surface area contributed by atoms with Crippen LogP contribution in [0.25, 0.3) is 33.5 Å². The number of nitrogen functional groups attached to an aromatic ring is 1. The molecule has 0 aliphatic carbocycles. The molecule has 0 atom stereocenters. The Hall–Kier alpha value is -3.88. The van der Waals surface area contributed by atoms with Gasteiger partial charge in [-0.3, -0.25) is 4.68 Å². The number of hydrogen-bond acceptors (Lipinski definition) is 7. The number of anilines is 1. The molecule has 9 nitrogen and oxygen atoms in total. The number of aromatic amines is 1. The number of aromatic nitrogens is 5. The monoisotopic (exact) mass is 378 g/mol. The molecule has 0 saturated carbocycles. The quantitative estimate of drug-likeness (QED) is 0.413. The maximum atomic E-state index is 11.5. The first kappa shape index (κ1) is 17.5.